The highest BCUT2D eigenvalue weighted by Gasteiger charge is 2.26. The number of carbonyl (C=O) groups excluding carboxylic acids is 2. The third-order valence-corrected chi connectivity index (χ3v) is 6.33. The first kappa shape index (κ1) is 22.6. The van der Waals surface area contributed by atoms with E-state index in [4.69, 9.17) is 4.74 Å². The van der Waals surface area contributed by atoms with E-state index in [2.05, 4.69) is 10.4 Å². The molecule has 0 aliphatic rings. The summed E-state index contributed by atoms with van der Waals surface area (Å²) in [5, 5.41) is 6.89. The SMILES string of the molecule is Cc1ccc(S(=O)(=O)N(C)CC(=O)O[C@@H](C)C(=O)Nc2c(C)nn(C)c2C)cc1. The van der Waals surface area contributed by atoms with Gasteiger partial charge in [-0.15, -0.1) is 0 Å². The number of ether oxygens (including phenoxy) is 1. The van der Waals surface area contributed by atoms with Crippen LogP contribution in [0.3, 0.4) is 0 Å². The molecule has 1 atom stereocenters. The van der Waals surface area contributed by atoms with Crippen LogP contribution in [0.15, 0.2) is 29.2 Å². The zero-order valence-electron chi connectivity index (χ0n) is 17.4. The molecule has 0 aliphatic heterocycles. The fourth-order valence-corrected chi connectivity index (χ4v) is 3.74. The maximum atomic E-state index is 12.5. The van der Waals surface area contributed by atoms with Crippen LogP contribution in [0.4, 0.5) is 5.69 Å². The first-order valence-electron chi connectivity index (χ1n) is 8.97. The summed E-state index contributed by atoms with van der Waals surface area (Å²) in [4.78, 5) is 24.6. The van der Waals surface area contributed by atoms with Crippen LogP contribution in [-0.2, 0) is 31.4 Å². The molecule has 0 aliphatic carbocycles. The summed E-state index contributed by atoms with van der Waals surface area (Å²) in [5.41, 5.74) is 2.88. The number of rotatable bonds is 7. The van der Waals surface area contributed by atoms with Gasteiger partial charge in [-0.1, -0.05) is 17.7 Å². The molecule has 9 nitrogen and oxygen atoms in total. The number of nitrogens with one attached hydrogen (secondary N) is 1. The molecule has 2 aromatic rings. The molecule has 0 spiro atoms. The molecule has 1 amide bonds. The molecule has 0 bridgehead atoms. The molecule has 0 radical (unpaired) electrons. The van der Waals surface area contributed by atoms with Gasteiger partial charge in [0.2, 0.25) is 10.0 Å². The Morgan fingerprint density at radius 2 is 1.79 bits per heavy atom. The number of nitrogens with zero attached hydrogens (tertiary/aromatic N) is 3. The Hall–Kier alpha value is -2.72. The molecular formula is C19H26N4O5S. The van der Waals surface area contributed by atoms with E-state index in [0.717, 1.165) is 15.6 Å². The van der Waals surface area contributed by atoms with E-state index in [1.807, 2.05) is 6.92 Å². The van der Waals surface area contributed by atoms with Crippen LogP contribution in [0, 0.1) is 20.8 Å². The van der Waals surface area contributed by atoms with Gasteiger partial charge in [-0.3, -0.25) is 14.3 Å². The van der Waals surface area contributed by atoms with Crippen molar-refractivity contribution in [2.45, 2.75) is 38.7 Å². The minimum Gasteiger partial charge on any atom is -0.452 e. The van der Waals surface area contributed by atoms with Gasteiger partial charge in [-0.05, 0) is 39.8 Å². The number of sulfonamides is 1. The van der Waals surface area contributed by atoms with Crippen molar-refractivity contribution in [3.63, 3.8) is 0 Å². The number of likely N-dealkylation sites (N-methyl/N-ethyl adjacent to an activating group) is 1. The lowest BCUT2D eigenvalue weighted by molar-refractivity contribution is -0.153. The molecule has 2 rings (SSSR count). The summed E-state index contributed by atoms with van der Waals surface area (Å²) in [5.74, 6) is -1.35. The van der Waals surface area contributed by atoms with Gasteiger partial charge in [0.25, 0.3) is 5.91 Å². The first-order valence-corrected chi connectivity index (χ1v) is 10.4. The normalized spacial score (nSPS) is 12.7. The molecule has 0 unspecified atom stereocenters. The number of hydrogen-bond donors (Lipinski definition) is 1. The van der Waals surface area contributed by atoms with Crippen LogP contribution in [0.5, 0.6) is 0 Å². The average Bonchev–Trinajstić information content (AvgIpc) is 2.87. The summed E-state index contributed by atoms with van der Waals surface area (Å²) >= 11 is 0. The molecule has 1 heterocycles. The van der Waals surface area contributed by atoms with Gasteiger partial charge < -0.3 is 10.1 Å². The van der Waals surface area contributed by atoms with Crippen LogP contribution in [0.25, 0.3) is 0 Å². The zero-order valence-corrected chi connectivity index (χ0v) is 18.2. The van der Waals surface area contributed by atoms with Crippen LogP contribution in [0.2, 0.25) is 0 Å². The fourth-order valence-electron chi connectivity index (χ4n) is 2.62. The van der Waals surface area contributed by atoms with E-state index in [-0.39, 0.29) is 4.90 Å². The van der Waals surface area contributed by atoms with Crippen molar-refractivity contribution in [2.24, 2.45) is 7.05 Å². The maximum absolute atomic E-state index is 12.5. The van der Waals surface area contributed by atoms with Crippen molar-refractivity contribution in [3.05, 3.63) is 41.2 Å². The molecule has 0 saturated carbocycles. The van der Waals surface area contributed by atoms with Gasteiger partial charge in [0.15, 0.2) is 6.10 Å². The number of esters is 1. The largest absolute Gasteiger partial charge is 0.452 e. The Kier molecular flexibility index (Phi) is 6.81. The number of benzene rings is 1. The van der Waals surface area contributed by atoms with E-state index in [1.165, 1.54) is 26.1 Å². The van der Waals surface area contributed by atoms with Gasteiger partial charge in [0.1, 0.15) is 6.54 Å². The van der Waals surface area contributed by atoms with E-state index < -0.39 is 34.5 Å². The lowest BCUT2D eigenvalue weighted by Gasteiger charge is -2.18. The smallest absolute Gasteiger partial charge is 0.322 e. The number of anilines is 1. The lowest BCUT2D eigenvalue weighted by atomic mass is 10.2. The van der Waals surface area contributed by atoms with E-state index >= 15 is 0 Å². The predicted molar refractivity (Wildman–Crippen MR) is 108 cm³/mol. The standard InChI is InChI=1S/C19H26N4O5S/c1-12-7-9-16(10-8-12)29(26,27)22(5)11-17(24)28-15(4)19(25)20-18-13(2)21-23(6)14(18)3/h7-10,15H,11H2,1-6H3,(H,20,25)/t15-/m0/s1. The van der Waals surface area contributed by atoms with Gasteiger partial charge in [-0.2, -0.15) is 9.40 Å². The Morgan fingerprint density at radius 3 is 2.31 bits per heavy atom. The first-order chi connectivity index (χ1) is 13.4. The third-order valence-electron chi connectivity index (χ3n) is 4.52. The zero-order chi connectivity index (χ0) is 21.9. The maximum Gasteiger partial charge on any atom is 0.322 e. The van der Waals surface area contributed by atoms with Crippen LogP contribution in [0.1, 0.15) is 23.9 Å². The monoisotopic (exact) mass is 422 g/mol. The van der Waals surface area contributed by atoms with Crippen molar-refractivity contribution >= 4 is 27.6 Å². The summed E-state index contributed by atoms with van der Waals surface area (Å²) in [6, 6.07) is 6.30. The topological polar surface area (TPSA) is 111 Å². The highest BCUT2D eigenvalue weighted by atomic mass is 32.2. The molecule has 10 heteroatoms. The quantitative estimate of drug-likeness (QED) is 0.678. The van der Waals surface area contributed by atoms with Crippen LogP contribution in [-0.4, -0.2) is 54.1 Å². The Bertz CT molecular complexity index is 1010. The highest BCUT2D eigenvalue weighted by molar-refractivity contribution is 7.89. The molecule has 29 heavy (non-hydrogen) atoms. The minimum atomic E-state index is -3.84. The van der Waals surface area contributed by atoms with Crippen molar-refractivity contribution in [1.29, 1.82) is 0 Å². The predicted octanol–water partition coefficient (Wildman–Crippen LogP) is 1.54. The molecule has 1 N–H and O–H groups in total. The van der Waals surface area contributed by atoms with Gasteiger partial charge in [0, 0.05) is 14.1 Å². The fraction of sp³-hybridized carbons (Fsp3) is 0.421. The number of carbonyl (C=O) groups is 2. The van der Waals surface area contributed by atoms with Crippen molar-refractivity contribution in [2.75, 3.05) is 18.9 Å². The molecular weight excluding hydrogens is 396 g/mol. The van der Waals surface area contributed by atoms with E-state index in [9.17, 15) is 18.0 Å². The summed E-state index contributed by atoms with van der Waals surface area (Å²) in [6.45, 7) is 6.31. The lowest BCUT2D eigenvalue weighted by Crippen LogP contribution is -2.37. The third kappa shape index (κ3) is 5.21. The van der Waals surface area contributed by atoms with Gasteiger partial charge in [0.05, 0.1) is 22.0 Å². The molecule has 0 fully saturated rings. The number of hydrogen-bond acceptors (Lipinski definition) is 6. The Morgan fingerprint density at radius 1 is 1.21 bits per heavy atom. The summed E-state index contributed by atoms with van der Waals surface area (Å²) in [7, 11) is -0.806. The minimum absolute atomic E-state index is 0.0757. The molecule has 158 valence electrons. The van der Waals surface area contributed by atoms with E-state index in [0.29, 0.717) is 11.4 Å². The number of amides is 1. The second-order valence-corrected chi connectivity index (χ2v) is 8.91. The molecule has 1 aromatic carbocycles. The van der Waals surface area contributed by atoms with E-state index in [1.54, 1.807) is 37.7 Å². The van der Waals surface area contributed by atoms with Gasteiger partial charge in [-0.25, -0.2) is 8.42 Å². The average molecular weight is 423 g/mol. The Labute approximate surface area is 170 Å². The van der Waals surface area contributed by atoms with Crippen LogP contribution >= 0.6 is 0 Å². The Balaban J connectivity index is 1.98. The second kappa shape index (κ2) is 8.75. The number of aryl methyl sites for hydroxylation is 3. The summed E-state index contributed by atoms with van der Waals surface area (Å²) in [6.07, 6.45) is -1.10. The number of aromatic nitrogens is 2. The summed E-state index contributed by atoms with van der Waals surface area (Å²) < 4.78 is 32.7. The second-order valence-electron chi connectivity index (χ2n) is 6.86. The molecule has 1 aromatic heterocycles. The van der Waals surface area contributed by atoms with Crippen molar-refractivity contribution < 1.29 is 22.7 Å². The van der Waals surface area contributed by atoms with Crippen molar-refractivity contribution in [3.8, 4) is 0 Å². The van der Waals surface area contributed by atoms with Gasteiger partial charge >= 0.3 is 5.97 Å². The van der Waals surface area contributed by atoms with Crippen molar-refractivity contribution in [1.82, 2.24) is 14.1 Å². The highest BCUT2D eigenvalue weighted by Crippen LogP contribution is 2.19. The van der Waals surface area contributed by atoms with Crippen LogP contribution < -0.4 is 5.32 Å². The molecule has 0 saturated heterocycles.